The Morgan fingerprint density at radius 2 is 1.40 bits per heavy atom. The molecule has 0 aliphatic heterocycles. The van der Waals surface area contributed by atoms with Crippen molar-refractivity contribution in [3.8, 4) is 5.75 Å². The van der Waals surface area contributed by atoms with Crippen LogP contribution in [0.2, 0.25) is 0 Å². The average molecular weight is 231 g/mol. The van der Waals surface area contributed by atoms with Crippen molar-refractivity contribution in [1.29, 1.82) is 0 Å². The highest BCUT2D eigenvalue weighted by Crippen LogP contribution is 2.09. The number of nitrogens with two attached hydrogens (primary N) is 1. The van der Waals surface area contributed by atoms with Crippen LogP contribution in [0.3, 0.4) is 0 Å². The Labute approximate surface area is 91.4 Å². The summed E-state index contributed by atoms with van der Waals surface area (Å²) < 4.78 is 14.2. The molecule has 0 bridgehead atoms. The summed E-state index contributed by atoms with van der Waals surface area (Å²) in [6, 6.07) is 6.40. The topological polar surface area (TPSA) is 73.9 Å². The molecule has 5 nitrogen and oxygen atoms in total. The highest BCUT2D eigenvalue weighted by atomic mass is 28.3. The van der Waals surface area contributed by atoms with Crippen molar-refractivity contribution in [3.63, 3.8) is 0 Å². The first-order valence-corrected chi connectivity index (χ1v) is 5.68. The molecule has 0 heterocycles. The van der Waals surface area contributed by atoms with Crippen molar-refractivity contribution in [2.75, 3.05) is 27.1 Å². The lowest BCUT2D eigenvalue weighted by atomic mass is 10.3. The molecule has 0 amide bonds. The largest absolute Gasteiger partial charge is 0.508 e. The number of nitrogen functional groups attached to an aromatic ring is 1. The van der Waals surface area contributed by atoms with Crippen LogP contribution in [0, 0.1) is 0 Å². The van der Waals surface area contributed by atoms with Gasteiger partial charge < -0.3 is 24.1 Å². The maximum absolute atomic E-state index is 8.70. The number of hydrogen-bond donors (Lipinski definition) is 2. The predicted molar refractivity (Wildman–Crippen MR) is 60.7 cm³/mol. The molecule has 0 aliphatic rings. The van der Waals surface area contributed by atoms with Crippen molar-refractivity contribution < 1.29 is 18.4 Å². The van der Waals surface area contributed by atoms with Crippen LogP contribution >= 0.6 is 0 Å². The van der Waals surface area contributed by atoms with E-state index in [1.54, 1.807) is 45.6 Å². The van der Waals surface area contributed by atoms with Gasteiger partial charge >= 0.3 is 9.53 Å². The van der Waals surface area contributed by atoms with E-state index >= 15 is 0 Å². The van der Waals surface area contributed by atoms with E-state index in [1.807, 2.05) is 0 Å². The molecule has 0 atom stereocenters. The average Bonchev–Trinajstić information content (AvgIpc) is 2.26. The molecule has 0 radical (unpaired) electrons. The fourth-order valence-electron chi connectivity index (χ4n) is 0.763. The maximum atomic E-state index is 8.70. The molecule has 0 spiro atoms. The Morgan fingerprint density at radius 1 is 1.00 bits per heavy atom. The summed E-state index contributed by atoms with van der Waals surface area (Å²) in [5.74, 6) is 0.249. The maximum Gasteiger partial charge on any atom is 0.483 e. The lowest BCUT2D eigenvalue weighted by molar-refractivity contribution is 0.163. The van der Waals surface area contributed by atoms with Gasteiger partial charge in [0.15, 0.2) is 0 Å². The zero-order valence-corrected chi connectivity index (χ0v) is 10.3. The molecule has 0 aromatic heterocycles. The van der Waals surface area contributed by atoms with Crippen molar-refractivity contribution >= 4 is 15.2 Å². The third-order valence-corrected chi connectivity index (χ3v) is 2.63. The first-order chi connectivity index (χ1) is 7.13. The molecule has 1 aromatic rings. The highest BCUT2D eigenvalue weighted by molar-refractivity contribution is 6.36. The Balaban J connectivity index is 0.000000265. The summed E-state index contributed by atoms with van der Waals surface area (Å²) in [4.78, 5) is 0. The van der Waals surface area contributed by atoms with E-state index in [-0.39, 0.29) is 5.75 Å². The summed E-state index contributed by atoms with van der Waals surface area (Å²) in [6.07, 6.45) is 0. The van der Waals surface area contributed by atoms with Crippen LogP contribution in [0.25, 0.3) is 0 Å². The molecule has 0 saturated carbocycles. The minimum Gasteiger partial charge on any atom is -0.508 e. The quantitative estimate of drug-likeness (QED) is 0.453. The standard InChI is InChI=1S/C6H7NO.C3H10O3Si/c7-5-1-3-6(8)4-2-5;1-4-7(5-2)6-3/h1-4,8H,7H2;7H,1-3H3. The van der Waals surface area contributed by atoms with E-state index in [0.29, 0.717) is 5.69 Å². The number of anilines is 1. The van der Waals surface area contributed by atoms with Crippen LogP contribution in [0.4, 0.5) is 5.69 Å². The van der Waals surface area contributed by atoms with Gasteiger partial charge in [-0.05, 0) is 24.3 Å². The monoisotopic (exact) mass is 231 g/mol. The van der Waals surface area contributed by atoms with Crippen LogP contribution in [0.1, 0.15) is 0 Å². The molecular weight excluding hydrogens is 214 g/mol. The third kappa shape index (κ3) is 6.92. The molecule has 0 unspecified atom stereocenters. The Morgan fingerprint density at radius 3 is 1.60 bits per heavy atom. The molecule has 1 rings (SSSR count). The lowest BCUT2D eigenvalue weighted by Gasteiger charge is -2.05. The van der Waals surface area contributed by atoms with E-state index in [1.165, 1.54) is 0 Å². The van der Waals surface area contributed by atoms with E-state index < -0.39 is 9.53 Å². The second kappa shape index (κ2) is 8.24. The van der Waals surface area contributed by atoms with Crippen molar-refractivity contribution in [2.45, 2.75) is 0 Å². The molecular formula is C9H17NO4Si. The van der Waals surface area contributed by atoms with Gasteiger partial charge in [-0.1, -0.05) is 0 Å². The fourth-order valence-corrected chi connectivity index (χ4v) is 1.34. The van der Waals surface area contributed by atoms with Crippen LogP contribution in [0.15, 0.2) is 24.3 Å². The zero-order chi connectivity index (χ0) is 11.7. The summed E-state index contributed by atoms with van der Waals surface area (Å²) in [6.45, 7) is 0. The molecule has 3 N–H and O–H groups in total. The molecule has 0 fully saturated rings. The number of phenolic OH excluding ortho intramolecular Hbond substituents is 1. The summed E-state index contributed by atoms with van der Waals surface area (Å²) in [7, 11) is 3.05. The Kier molecular flexibility index (Phi) is 7.65. The van der Waals surface area contributed by atoms with Gasteiger partial charge in [0, 0.05) is 27.0 Å². The molecule has 0 saturated heterocycles. The molecule has 86 valence electrons. The zero-order valence-electron chi connectivity index (χ0n) is 9.14. The van der Waals surface area contributed by atoms with E-state index in [4.69, 9.17) is 24.1 Å². The minimum atomic E-state index is -1.67. The van der Waals surface area contributed by atoms with E-state index in [0.717, 1.165) is 0 Å². The molecule has 1 aromatic carbocycles. The Bertz CT molecular complexity index is 224. The molecule has 6 heteroatoms. The molecule has 0 aliphatic carbocycles. The van der Waals surface area contributed by atoms with Crippen LogP contribution < -0.4 is 5.73 Å². The summed E-state index contributed by atoms with van der Waals surface area (Å²) >= 11 is 0. The van der Waals surface area contributed by atoms with Crippen LogP contribution in [-0.4, -0.2) is 36.0 Å². The smallest absolute Gasteiger partial charge is 0.483 e. The van der Waals surface area contributed by atoms with Gasteiger partial charge in [-0.3, -0.25) is 0 Å². The SMILES string of the molecule is CO[SiH](OC)OC.Nc1ccc(O)cc1. The van der Waals surface area contributed by atoms with E-state index in [2.05, 4.69) is 0 Å². The number of phenols is 1. The van der Waals surface area contributed by atoms with Gasteiger partial charge in [0.1, 0.15) is 5.75 Å². The van der Waals surface area contributed by atoms with Crippen molar-refractivity contribution in [1.82, 2.24) is 0 Å². The van der Waals surface area contributed by atoms with Crippen molar-refractivity contribution in [3.05, 3.63) is 24.3 Å². The van der Waals surface area contributed by atoms with Gasteiger partial charge in [-0.15, -0.1) is 0 Å². The van der Waals surface area contributed by atoms with Crippen LogP contribution in [0.5, 0.6) is 5.75 Å². The minimum absolute atomic E-state index is 0.249. The van der Waals surface area contributed by atoms with Gasteiger partial charge in [-0.2, -0.15) is 0 Å². The number of rotatable bonds is 3. The summed E-state index contributed by atoms with van der Waals surface area (Å²) in [5, 5.41) is 8.70. The first kappa shape index (κ1) is 13.9. The number of aromatic hydroxyl groups is 1. The second-order valence-corrected chi connectivity index (χ2v) is 4.58. The summed E-state index contributed by atoms with van der Waals surface area (Å²) in [5.41, 5.74) is 5.98. The van der Waals surface area contributed by atoms with Crippen molar-refractivity contribution in [2.24, 2.45) is 0 Å². The number of hydrogen-bond acceptors (Lipinski definition) is 5. The Hall–Kier alpha value is -1.08. The van der Waals surface area contributed by atoms with Gasteiger partial charge in [0.2, 0.25) is 0 Å². The molecule has 15 heavy (non-hydrogen) atoms. The predicted octanol–water partition coefficient (Wildman–Crippen LogP) is 0.617. The normalized spacial score (nSPS) is 9.60. The van der Waals surface area contributed by atoms with Crippen LogP contribution in [-0.2, 0) is 13.3 Å². The fraction of sp³-hybridized carbons (Fsp3) is 0.333. The third-order valence-electron chi connectivity index (χ3n) is 1.47. The highest BCUT2D eigenvalue weighted by Gasteiger charge is 2.04. The first-order valence-electron chi connectivity index (χ1n) is 4.27. The van der Waals surface area contributed by atoms with Gasteiger partial charge in [0.05, 0.1) is 0 Å². The van der Waals surface area contributed by atoms with Gasteiger partial charge in [0.25, 0.3) is 0 Å². The second-order valence-electron chi connectivity index (χ2n) is 2.59. The van der Waals surface area contributed by atoms with E-state index in [9.17, 15) is 0 Å². The lowest BCUT2D eigenvalue weighted by Crippen LogP contribution is -2.21. The van der Waals surface area contributed by atoms with Gasteiger partial charge in [-0.25, -0.2) is 0 Å². The number of benzene rings is 1.